The molecule has 0 N–H and O–H groups in total. The van der Waals surface area contributed by atoms with Crippen molar-refractivity contribution >= 4 is 12.0 Å². The molecule has 0 aliphatic heterocycles. The highest BCUT2D eigenvalue weighted by Crippen LogP contribution is 2.29. The van der Waals surface area contributed by atoms with Crippen LogP contribution in [0.5, 0.6) is 23.0 Å². The summed E-state index contributed by atoms with van der Waals surface area (Å²) >= 11 is 0. The maximum atomic E-state index is 12.7. The fraction of sp³-hybridized carbons (Fsp3) is 0.292. The number of carbonyl (C=O) groups is 1. The highest BCUT2D eigenvalue weighted by molar-refractivity contribution is 5.91. The Balaban J connectivity index is 2.11. The Morgan fingerprint density at radius 3 is 2.27 bits per heavy atom. The number of amides is 1. The van der Waals surface area contributed by atoms with Crippen LogP contribution in [0.3, 0.4) is 0 Å². The van der Waals surface area contributed by atoms with Crippen LogP contribution in [0, 0.1) is 0 Å². The molecular formula is C24H29NO5. The summed E-state index contributed by atoms with van der Waals surface area (Å²) in [5.41, 5.74) is 1.80. The molecule has 2 rings (SSSR count). The van der Waals surface area contributed by atoms with Gasteiger partial charge in [-0.25, -0.2) is 0 Å². The molecule has 1 amide bonds. The van der Waals surface area contributed by atoms with Crippen LogP contribution in [0.4, 0.5) is 0 Å². The Morgan fingerprint density at radius 2 is 1.63 bits per heavy atom. The Hall–Kier alpha value is -3.41. The molecule has 0 unspecified atom stereocenters. The summed E-state index contributed by atoms with van der Waals surface area (Å²) in [6.07, 6.45) is 4.99. The topological polar surface area (TPSA) is 57.2 Å². The van der Waals surface area contributed by atoms with E-state index in [2.05, 4.69) is 6.58 Å². The molecule has 0 bridgehead atoms. The molecule has 6 nitrogen and oxygen atoms in total. The van der Waals surface area contributed by atoms with Gasteiger partial charge in [0.1, 0.15) is 6.61 Å². The van der Waals surface area contributed by atoms with Gasteiger partial charge in [-0.2, -0.15) is 0 Å². The van der Waals surface area contributed by atoms with Crippen molar-refractivity contribution in [2.75, 3.05) is 34.5 Å². The van der Waals surface area contributed by atoms with Gasteiger partial charge in [-0.15, -0.1) is 0 Å². The van der Waals surface area contributed by atoms with Crippen molar-refractivity contribution < 1.29 is 23.7 Å². The lowest BCUT2D eigenvalue weighted by molar-refractivity contribution is -0.126. The standard InChI is InChI=1S/C24H29NO5/c1-6-14-30-21-12-8-18(15-23(21)29-5)10-13-24(26)25(7-2)17-19-9-11-20(27-3)22(16-19)28-4/h6,8-13,15-16H,1,7,14,17H2,2-5H3/b13-10+. The molecule has 0 fully saturated rings. The maximum Gasteiger partial charge on any atom is 0.246 e. The molecule has 0 saturated carbocycles. The van der Waals surface area contributed by atoms with E-state index in [1.54, 1.807) is 44.5 Å². The van der Waals surface area contributed by atoms with Crippen molar-refractivity contribution in [3.05, 3.63) is 66.3 Å². The third kappa shape index (κ3) is 6.04. The molecular weight excluding hydrogens is 382 g/mol. The summed E-state index contributed by atoms with van der Waals surface area (Å²) < 4.78 is 21.5. The monoisotopic (exact) mass is 411 g/mol. The minimum Gasteiger partial charge on any atom is -0.493 e. The number of hydrogen-bond donors (Lipinski definition) is 0. The number of hydrogen-bond acceptors (Lipinski definition) is 5. The van der Waals surface area contributed by atoms with Crippen LogP contribution in [0.25, 0.3) is 6.08 Å². The van der Waals surface area contributed by atoms with Gasteiger partial charge in [0.05, 0.1) is 21.3 Å². The second-order valence-electron chi connectivity index (χ2n) is 6.39. The first-order valence-corrected chi connectivity index (χ1v) is 9.65. The Kier molecular flexibility index (Phi) is 8.81. The van der Waals surface area contributed by atoms with Crippen molar-refractivity contribution in [3.63, 3.8) is 0 Å². The van der Waals surface area contributed by atoms with E-state index < -0.39 is 0 Å². The number of rotatable bonds is 11. The van der Waals surface area contributed by atoms with Crippen molar-refractivity contribution in [2.24, 2.45) is 0 Å². The van der Waals surface area contributed by atoms with E-state index in [4.69, 9.17) is 18.9 Å². The van der Waals surface area contributed by atoms with Gasteiger partial charge in [-0.1, -0.05) is 24.8 Å². The van der Waals surface area contributed by atoms with Gasteiger partial charge in [0.25, 0.3) is 0 Å². The van der Waals surface area contributed by atoms with E-state index in [9.17, 15) is 4.79 Å². The molecule has 0 saturated heterocycles. The van der Waals surface area contributed by atoms with E-state index in [1.807, 2.05) is 43.3 Å². The zero-order valence-corrected chi connectivity index (χ0v) is 18.0. The van der Waals surface area contributed by atoms with E-state index >= 15 is 0 Å². The van der Waals surface area contributed by atoms with Gasteiger partial charge in [-0.3, -0.25) is 4.79 Å². The summed E-state index contributed by atoms with van der Waals surface area (Å²) in [6.45, 7) is 7.03. The van der Waals surface area contributed by atoms with Crippen LogP contribution in [0.1, 0.15) is 18.1 Å². The number of nitrogens with zero attached hydrogens (tertiary/aromatic N) is 1. The van der Waals surface area contributed by atoms with Crippen molar-refractivity contribution in [1.82, 2.24) is 4.90 Å². The molecule has 0 radical (unpaired) electrons. The van der Waals surface area contributed by atoms with Crippen LogP contribution in [-0.4, -0.2) is 45.3 Å². The van der Waals surface area contributed by atoms with Gasteiger partial charge in [-0.05, 0) is 48.4 Å². The summed E-state index contributed by atoms with van der Waals surface area (Å²) in [5, 5.41) is 0. The second kappa shape index (κ2) is 11.6. The Bertz CT molecular complexity index is 891. The quantitative estimate of drug-likeness (QED) is 0.407. The normalized spacial score (nSPS) is 10.5. The van der Waals surface area contributed by atoms with Crippen LogP contribution in [0.2, 0.25) is 0 Å². The molecule has 0 spiro atoms. The van der Waals surface area contributed by atoms with Crippen LogP contribution >= 0.6 is 0 Å². The van der Waals surface area contributed by atoms with Crippen LogP contribution in [0.15, 0.2) is 55.1 Å². The van der Waals surface area contributed by atoms with Gasteiger partial charge in [0.2, 0.25) is 5.91 Å². The van der Waals surface area contributed by atoms with Gasteiger partial charge in [0.15, 0.2) is 23.0 Å². The van der Waals surface area contributed by atoms with E-state index in [0.29, 0.717) is 42.7 Å². The number of carbonyl (C=O) groups excluding carboxylic acids is 1. The molecule has 6 heteroatoms. The molecule has 30 heavy (non-hydrogen) atoms. The first-order chi connectivity index (χ1) is 14.6. The summed E-state index contributed by atoms with van der Waals surface area (Å²) in [6, 6.07) is 11.2. The van der Waals surface area contributed by atoms with E-state index in [1.165, 1.54) is 0 Å². The highest BCUT2D eigenvalue weighted by atomic mass is 16.5. The van der Waals surface area contributed by atoms with Gasteiger partial charge < -0.3 is 23.8 Å². The summed E-state index contributed by atoms with van der Waals surface area (Å²) in [5.74, 6) is 2.44. The predicted octanol–water partition coefficient (Wildman–Crippen LogP) is 4.34. The van der Waals surface area contributed by atoms with E-state index in [0.717, 1.165) is 11.1 Å². The fourth-order valence-corrected chi connectivity index (χ4v) is 2.87. The molecule has 0 aliphatic rings. The third-order valence-electron chi connectivity index (χ3n) is 4.48. The third-order valence-corrected chi connectivity index (χ3v) is 4.48. The maximum absolute atomic E-state index is 12.7. The van der Waals surface area contributed by atoms with Crippen molar-refractivity contribution in [2.45, 2.75) is 13.5 Å². The largest absolute Gasteiger partial charge is 0.493 e. The Labute approximate surface area is 178 Å². The molecule has 0 aliphatic carbocycles. The molecule has 2 aromatic carbocycles. The van der Waals surface area contributed by atoms with Gasteiger partial charge >= 0.3 is 0 Å². The summed E-state index contributed by atoms with van der Waals surface area (Å²) in [4.78, 5) is 14.5. The first-order valence-electron chi connectivity index (χ1n) is 9.65. The van der Waals surface area contributed by atoms with Crippen molar-refractivity contribution in [1.29, 1.82) is 0 Å². The van der Waals surface area contributed by atoms with Crippen LogP contribution in [-0.2, 0) is 11.3 Å². The second-order valence-corrected chi connectivity index (χ2v) is 6.39. The number of methoxy groups -OCH3 is 3. The van der Waals surface area contributed by atoms with Crippen LogP contribution < -0.4 is 18.9 Å². The lowest BCUT2D eigenvalue weighted by Gasteiger charge is -2.20. The molecule has 2 aromatic rings. The predicted molar refractivity (Wildman–Crippen MR) is 118 cm³/mol. The average Bonchev–Trinajstić information content (AvgIpc) is 2.79. The zero-order chi connectivity index (χ0) is 21.9. The summed E-state index contributed by atoms with van der Waals surface area (Å²) in [7, 11) is 4.77. The Morgan fingerprint density at radius 1 is 0.967 bits per heavy atom. The minimum atomic E-state index is -0.0850. The first kappa shape index (κ1) is 22.9. The van der Waals surface area contributed by atoms with E-state index in [-0.39, 0.29) is 5.91 Å². The smallest absolute Gasteiger partial charge is 0.246 e. The SMILES string of the molecule is C=CCOc1ccc(/C=C/C(=O)N(CC)Cc2ccc(OC)c(OC)c2)cc1OC. The minimum absolute atomic E-state index is 0.0850. The molecule has 0 heterocycles. The molecule has 0 atom stereocenters. The zero-order valence-electron chi connectivity index (χ0n) is 18.0. The highest BCUT2D eigenvalue weighted by Gasteiger charge is 2.12. The molecule has 160 valence electrons. The number of likely N-dealkylation sites (N-methyl/N-ethyl adjacent to an activating group) is 1. The number of benzene rings is 2. The fourth-order valence-electron chi connectivity index (χ4n) is 2.87. The average molecular weight is 411 g/mol. The van der Waals surface area contributed by atoms with Crippen molar-refractivity contribution in [3.8, 4) is 23.0 Å². The van der Waals surface area contributed by atoms with Gasteiger partial charge in [0, 0.05) is 19.2 Å². The molecule has 0 aromatic heterocycles. The lowest BCUT2D eigenvalue weighted by Crippen LogP contribution is -2.28. The lowest BCUT2D eigenvalue weighted by atomic mass is 10.1. The number of ether oxygens (including phenoxy) is 4.